The number of nitrogens with two attached hydrogens (primary N) is 1. The molecular formula is C16H26N2O2S. The summed E-state index contributed by atoms with van der Waals surface area (Å²) in [7, 11) is -3.41. The molecule has 1 aliphatic rings. The van der Waals surface area contributed by atoms with Crippen molar-refractivity contribution in [2.75, 3.05) is 0 Å². The minimum Gasteiger partial charge on any atom is -0.326 e. The molecule has 0 radical (unpaired) electrons. The number of sulfonamides is 1. The van der Waals surface area contributed by atoms with Gasteiger partial charge in [0, 0.05) is 12.6 Å². The first-order valence-electron chi connectivity index (χ1n) is 7.86. The van der Waals surface area contributed by atoms with Gasteiger partial charge in [-0.3, -0.25) is 0 Å². The van der Waals surface area contributed by atoms with Crippen LogP contribution in [0, 0.1) is 5.92 Å². The summed E-state index contributed by atoms with van der Waals surface area (Å²) < 4.78 is 27.6. The van der Waals surface area contributed by atoms with Crippen LogP contribution in [0.2, 0.25) is 0 Å². The van der Waals surface area contributed by atoms with Gasteiger partial charge < -0.3 is 5.73 Å². The average Bonchev–Trinajstić information content (AvgIpc) is 2.49. The Morgan fingerprint density at radius 2 is 1.76 bits per heavy atom. The van der Waals surface area contributed by atoms with E-state index in [0.29, 0.717) is 11.4 Å². The lowest BCUT2D eigenvalue weighted by Crippen LogP contribution is -2.37. The van der Waals surface area contributed by atoms with Crippen LogP contribution in [0.3, 0.4) is 0 Å². The highest BCUT2D eigenvalue weighted by Gasteiger charge is 2.25. The van der Waals surface area contributed by atoms with Crippen molar-refractivity contribution in [3.8, 4) is 0 Å². The highest BCUT2D eigenvalue weighted by Crippen LogP contribution is 2.28. The van der Waals surface area contributed by atoms with Crippen molar-refractivity contribution >= 4 is 10.0 Å². The van der Waals surface area contributed by atoms with E-state index < -0.39 is 10.0 Å². The highest BCUT2D eigenvalue weighted by molar-refractivity contribution is 7.89. The van der Waals surface area contributed by atoms with Crippen molar-refractivity contribution in [3.05, 3.63) is 29.8 Å². The Hall–Kier alpha value is -0.910. The molecule has 0 bridgehead atoms. The third-order valence-corrected chi connectivity index (χ3v) is 5.87. The van der Waals surface area contributed by atoms with E-state index in [0.717, 1.165) is 37.2 Å². The van der Waals surface area contributed by atoms with E-state index in [2.05, 4.69) is 11.6 Å². The van der Waals surface area contributed by atoms with E-state index in [9.17, 15) is 8.42 Å². The molecule has 1 fully saturated rings. The topological polar surface area (TPSA) is 72.2 Å². The molecule has 0 atom stereocenters. The van der Waals surface area contributed by atoms with Gasteiger partial charge in [-0.15, -0.1) is 0 Å². The molecule has 1 aromatic carbocycles. The maximum Gasteiger partial charge on any atom is 0.240 e. The molecule has 1 aromatic rings. The highest BCUT2D eigenvalue weighted by atomic mass is 32.2. The number of nitrogens with one attached hydrogen (secondary N) is 1. The van der Waals surface area contributed by atoms with Crippen LogP contribution in [0.1, 0.15) is 51.0 Å². The fourth-order valence-electron chi connectivity index (χ4n) is 3.07. The summed E-state index contributed by atoms with van der Waals surface area (Å²) in [5.74, 6) is 0.777. The first kappa shape index (κ1) is 16.5. The van der Waals surface area contributed by atoms with Gasteiger partial charge in [0.2, 0.25) is 10.0 Å². The van der Waals surface area contributed by atoms with Gasteiger partial charge in [0.05, 0.1) is 4.90 Å². The zero-order valence-corrected chi connectivity index (χ0v) is 13.5. The second-order valence-electron chi connectivity index (χ2n) is 5.98. The van der Waals surface area contributed by atoms with Crippen molar-refractivity contribution < 1.29 is 8.42 Å². The summed E-state index contributed by atoms with van der Waals surface area (Å²) in [5.41, 5.74) is 6.47. The Balaban J connectivity index is 1.95. The second-order valence-corrected chi connectivity index (χ2v) is 7.69. The van der Waals surface area contributed by atoms with Gasteiger partial charge in [-0.25, -0.2) is 13.1 Å². The molecule has 3 N–H and O–H groups in total. The molecular weight excluding hydrogens is 284 g/mol. The Morgan fingerprint density at radius 1 is 1.14 bits per heavy atom. The van der Waals surface area contributed by atoms with Crippen molar-refractivity contribution in [1.29, 1.82) is 0 Å². The Kier molecular flexibility index (Phi) is 5.79. The zero-order chi connectivity index (χ0) is 15.3. The van der Waals surface area contributed by atoms with Crippen molar-refractivity contribution in [1.82, 2.24) is 4.72 Å². The predicted molar refractivity (Wildman–Crippen MR) is 85.3 cm³/mol. The predicted octanol–water partition coefficient (Wildman–Crippen LogP) is 2.78. The Bertz CT molecular complexity index is 532. The van der Waals surface area contributed by atoms with Crippen LogP contribution in [0.15, 0.2) is 29.2 Å². The molecule has 4 nitrogen and oxygen atoms in total. The minimum atomic E-state index is -3.41. The van der Waals surface area contributed by atoms with Gasteiger partial charge in [-0.1, -0.05) is 31.9 Å². The summed E-state index contributed by atoms with van der Waals surface area (Å²) in [6.07, 6.45) is 6.64. The van der Waals surface area contributed by atoms with E-state index in [4.69, 9.17) is 5.73 Å². The molecule has 0 heterocycles. The number of benzene rings is 1. The normalized spacial score (nSPS) is 23.1. The van der Waals surface area contributed by atoms with E-state index in [1.54, 1.807) is 24.3 Å². The number of rotatable bonds is 6. The lowest BCUT2D eigenvalue weighted by Gasteiger charge is -2.28. The smallest absolute Gasteiger partial charge is 0.240 e. The van der Waals surface area contributed by atoms with Gasteiger partial charge in [0.1, 0.15) is 0 Å². The molecule has 5 heteroatoms. The van der Waals surface area contributed by atoms with Crippen molar-refractivity contribution in [2.24, 2.45) is 11.7 Å². The molecule has 118 valence electrons. The van der Waals surface area contributed by atoms with Crippen LogP contribution in [-0.4, -0.2) is 14.5 Å². The molecule has 2 rings (SSSR count). The summed E-state index contributed by atoms with van der Waals surface area (Å²) in [6, 6.07) is 6.89. The number of hydrogen-bond acceptors (Lipinski definition) is 3. The molecule has 21 heavy (non-hydrogen) atoms. The fourth-order valence-corrected chi connectivity index (χ4v) is 4.37. The van der Waals surface area contributed by atoms with E-state index in [1.165, 1.54) is 12.8 Å². The van der Waals surface area contributed by atoms with Gasteiger partial charge in [-0.05, 0) is 49.3 Å². The van der Waals surface area contributed by atoms with Gasteiger partial charge in [0.15, 0.2) is 0 Å². The van der Waals surface area contributed by atoms with E-state index in [1.807, 2.05) is 0 Å². The molecule has 0 saturated heterocycles. The standard InChI is InChI=1S/C16H26N2O2S/c1-2-3-13-4-8-15(9-5-13)18-21(19,20)16-10-6-14(12-17)7-11-16/h6-7,10-11,13,15,18H,2-5,8-9,12,17H2,1H3. The molecule has 0 unspecified atom stereocenters. The summed E-state index contributed by atoms with van der Waals surface area (Å²) in [5, 5.41) is 0. The third-order valence-electron chi connectivity index (χ3n) is 4.33. The minimum absolute atomic E-state index is 0.0808. The quantitative estimate of drug-likeness (QED) is 0.848. The first-order chi connectivity index (χ1) is 10.0. The van der Waals surface area contributed by atoms with E-state index >= 15 is 0 Å². The van der Waals surface area contributed by atoms with Crippen LogP contribution in [0.5, 0.6) is 0 Å². The van der Waals surface area contributed by atoms with Crippen molar-refractivity contribution in [3.63, 3.8) is 0 Å². The molecule has 0 aromatic heterocycles. The summed E-state index contributed by atoms with van der Waals surface area (Å²) in [4.78, 5) is 0.329. The van der Waals surface area contributed by atoms with Gasteiger partial charge in [0.25, 0.3) is 0 Å². The van der Waals surface area contributed by atoms with Crippen molar-refractivity contribution in [2.45, 2.75) is 62.9 Å². The third kappa shape index (κ3) is 4.53. The first-order valence-corrected chi connectivity index (χ1v) is 9.34. The molecule has 1 aliphatic carbocycles. The van der Waals surface area contributed by atoms with Crippen LogP contribution in [-0.2, 0) is 16.6 Å². The summed E-state index contributed by atoms with van der Waals surface area (Å²) in [6.45, 7) is 2.63. The average molecular weight is 310 g/mol. The van der Waals surface area contributed by atoms with Gasteiger partial charge in [-0.2, -0.15) is 0 Å². The fraction of sp³-hybridized carbons (Fsp3) is 0.625. The molecule has 1 saturated carbocycles. The van der Waals surface area contributed by atoms with E-state index in [-0.39, 0.29) is 6.04 Å². The molecule has 0 spiro atoms. The SMILES string of the molecule is CCCC1CCC(NS(=O)(=O)c2ccc(CN)cc2)CC1. The van der Waals surface area contributed by atoms with Crippen LogP contribution in [0.25, 0.3) is 0 Å². The maximum absolute atomic E-state index is 12.4. The maximum atomic E-state index is 12.4. The zero-order valence-electron chi connectivity index (χ0n) is 12.7. The summed E-state index contributed by atoms with van der Waals surface area (Å²) >= 11 is 0. The van der Waals surface area contributed by atoms with Crippen LogP contribution < -0.4 is 10.5 Å². The van der Waals surface area contributed by atoms with Crippen LogP contribution in [0.4, 0.5) is 0 Å². The van der Waals surface area contributed by atoms with Crippen LogP contribution >= 0.6 is 0 Å². The molecule has 0 aliphatic heterocycles. The Morgan fingerprint density at radius 3 is 2.29 bits per heavy atom. The second kappa shape index (κ2) is 7.38. The largest absolute Gasteiger partial charge is 0.326 e. The number of hydrogen-bond donors (Lipinski definition) is 2. The lowest BCUT2D eigenvalue weighted by molar-refractivity contribution is 0.297. The molecule has 0 amide bonds. The Labute approximate surface area is 128 Å². The van der Waals surface area contributed by atoms with Gasteiger partial charge >= 0.3 is 0 Å². The monoisotopic (exact) mass is 310 g/mol. The lowest BCUT2D eigenvalue weighted by atomic mass is 9.84.